The monoisotopic (exact) mass is 391 g/mol. The van der Waals surface area contributed by atoms with Crippen molar-refractivity contribution in [3.63, 3.8) is 0 Å². The van der Waals surface area contributed by atoms with Gasteiger partial charge in [-0.3, -0.25) is 10.1 Å². The first kappa shape index (κ1) is 16.4. The third kappa shape index (κ3) is 2.60. The lowest BCUT2D eigenvalue weighted by Gasteiger charge is -2.01. The molecule has 0 bridgehead atoms. The van der Waals surface area contributed by atoms with E-state index in [2.05, 4.69) is 40.1 Å². The molecule has 2 N–H and O–H groups in total. The number of nitrogens with zero attached hydrogens (tertiary/aromatic N) is 7. The molecular weight excluding hydrogens is 378 g/mol. The molecule has 0 radical (unpaired) electrons. The molecule has 0 fully saturated rings. The lowest BCUT2D eigenvalue weighted by molar-refractivity contribution is 1.10. The first-order chi connectivity index (χ1) is 14.9. The molecule has 0 aliphatic rings. The average Bonchev–Trinajstić information content (AvgIpc) is 3.43. The van der Waals surface area contributed by atoms with Gasteiger partial charge in [-0.15, -0.1) is 0 Å². The minimum Gasteiger partial charge on any atom is -0.335 e. The van der Waals surface area contributed by atoms with E-state index in [4.69, 9.17) is 4.98 Å². The molecule has 6 aromatic heterocycles. The number of hydrogen-bond acceptors (Lipinski definition) is 7. The van der Waals surface area contributed by atoms with Crippen LogP contribution in [0.1, 0.15) is 0 Å². The zero-order chi connectivity index (χ0) is 19.9. The van der Waals surface area contributed by atoms with E-state index in [1.165, 1.54) is 6.33 Å². The molecule has 6 heterocycles. The third-order valence-electron chi connectivity index (χ3n) is 4.85. The van der Waals surface area contributed by atoms with Crippen LogP contribution in [-0.4, -0.2) is 45.1 Å². The van der Waals surface area contributed by atoms with Crippen LogP contribution in [0.5, 0.6) is 0 Å². The minimum atomic E-state index is 0.592. The summed E-state index contributed by atoms with van der Waals surface area (Å²) in [6.45, 7) is 0. The van der Waals surface area contributed by atoms with Crippen molar-refractivity contribution in [2.24, 2.45) is 0 Å². The fourth-order valence-electron chi connectivity index (χ4n) is 3.44. The summed E-state index contributed by atoms with van der Waals surface area (Å²) >= 11 is 0. The molecule has 6 rings (SSSR count). The molecule has 0 unspecified atom stereocenters. The molecule has 0 atom stereocenters. The van der Waals surface area contributed by atoms with Gasteiger partial charge in [-0.25, -0.2) is 24.9 Å². The van der Waals surface area contributed by atoms with Crippen LogP contribution in [0.4, 0.5) is 0 Å². The Morgan fingerprint density at radius 3 is 2.57 bits per heavy atom. The van der Waals surface area contributed by atoms with E-state index >= 15 is 0 Å². The van der Waals surface area contributed by atoms with Crippen LogP contribution in [0.15, 0.2) is 67.6 Å². The van der Waals surface area contributed by atoms with Crippen molar-refractivity contribution in [2.45, 2.75) is 0 Å². The van der Waals surface area contributed by atoms with Gasteiger partial charge in [-0.05, 0) is 24.3 Å². The van der Waals surface area contributed by atoms with Crippen LogP contribution >= 0.6 is 0 Å². The number of aromatic nitrogens is 9. The predicted octanol–water partition coefficient (Wildman–Crippen LogP) is 3.42. The zero-order valence-corrected chi connectivity index (χ0v) is 15.5. The molecular formula is C21H13N9. The standard InChI is InChI=1S/C21H13N9/c1-2-12(8-22-6-1)14-5-7-25-20-17(14)27-21(28-20)19-18-16(29-30-19)4-3-15(26-18)13-9-23-11-24-10-13/h1-11H,(H,29,30)(H,25,27,28). The number of nitrogens with one attached hydrogen (secondary N) is 2. The summed E-state index contributed by atoms with van der Waals surface area (Å²) in [4.78, 5) is 29.6. The lowest BCUT2D eigenvalue weighted by Crippen LogP contribution is -1.88. The Balaban J connectivity index is 1.52. The summed E-state index contributed by atoms with van der Waals surface area (Å²) in [7, 11) is 0. The number of H-pyrrole nitrogens is 2. The van der Waals surface area contributed by atoms with E-state index < -0.39 is 0 Å². The van der Waals surface area contributed by atoms with Crippen LogP contribution in [0.25, 0.3) is 56.1 Å². The maximum atomic E-state index is 4.77. The molecule has 0 aliphatic carbocycles. The van der Waals surface area contributed by atoms with Crippen LogP contribution in [0.2, 0.25) is 0 Å². The molecule has 9 nitrogen and oxygen atoms in total. The topological polar surface area (TPSA) is 122 Å². The largest absolute Gasteiger partial charge is 0.335 e. The quantitative estimate of drug-likeness (QED) is 0.474. The highest BCUT2D eigenvalue weighted by atomic mass is 15.2. The number of rotatable bonds is 3. The number of fused-ring (bicyclic) bond motifs is 2. The van der Waals surface area contributed by atoms with E-state index in [1.807, 2.05) is 36.5 Å². The van der Waals surface area contributed by atoms with Crippen molar-refractivity contribution in [1.82, 2.24) is 45.1 Å². The second kappa shape index (κ2) is 6.52. The molecule has 0 amide bonds. The molecule has 142 valence electrons. The molecule has 0 spiro atoms. The van der Waals surface area contributed by atoms with E-state index in [0.717, 1.165) is 33.4 Å². The zero-order valence-electron chi connectivity index (χ0n) is 15.5. The normalized spacial score (nSPS) is 11.3. The predicted molar refractivity (Wildman–Crippen MR) is 111 cm³/mol. The fourth-order valence-corrected chi connectivity index (χ4v) is 3.44. The second-order valence-corrected chi connectivity index (χ2v) is 6.68. The van der Waals surface area contributed by atoms with Crippen molar-refractivity contribution >= 4 is 22.2 Å². The smallest absolute Gasteiger partial charge is 0.178 e. The van der Waals surface area contributed by atoms with Gasteiger partial charge in [-0.1, -0.05) is 6.07 Å². The lowest BCUT2D eigenvalue weighted by atomic mass is 10.1. The van der Waals surface area contributed by atoms with E-state index in [1.54, 1.807) is 24.8 Å². The van der Waals surface area contributed by atoms with Gasteiger partial charge in [0.25, 0.3) is 0 Å². The van der Waals surface area contributed by atoms with E-state index in [-0.39, 0.29) is 0 Å². The highest BCUT2D eigenvalue weighted by Crippen LogP contribution is 2.30. The summed E-state index contributed by atoms with van der Waals surface area (Å²) in [5.74, 6) is 0.592. The van der Waals surface area contributed by atoms with Crippen LogP contribution in [0, 0.1) is 0 Å². The number of pyridine rings is 3. The Morgan fingerprint density at radius 2 is 1.70 bits per heavy atom. The fraction of sp³-hybridized carbons (Fsp3) is 0. The van der Waals surface area contributed by atoms with Crippen LogP contribution in [0.3, 0.4) is 0 Å². The molecule has 9 heteroatoms. The summed E-state index contributed by atoms with van der Waals surface area (Å²) in [6.07, 6.45) is 10.3. The van der Waals surface area contributed by atoms with Crippen molar-refractivity contribution in [3.8, 4) is 33.9 Å². The Morgan fingerprint density at radius 1 is 0.800 bits per heavy atom. The van der Waals surface area contributed by atoms with Crippen LogP contribution in [-0.2, 0) is 0 Å². The highest BCUT2D eigenvalue weighted by Gasteiger charge is 2.17. The maximum absolute atomic E-state index is 4.77. The molecule has 0 saturated heterocycles. The van der Waals surface area contributed by atoms with Crippen molar-refractivity contribution in [1.29, 1.82) is 0 Å². The highest BCUT2D eigenvalue weighted by molar-refractivity contribution is 5.94. The Labute approximate surface area is 169 Å². The number of imidazole rings is 1. The van der Waals surface area contributed by atoms with E-state index in [9.17, 15) is 0 Å². The maximum Gasteiger partial charge on any atom is 0.178 e. The SMILES string of the molecule is c1cncc(-c2ccnc3nc(-c4n[nH]c5ccc(-c6cncnc6)nc45)[nH]c23)c1. The second-order valence-electron chi connectivity index (χ2n) is 6.68. The molecule has 0 aliphatic heterocycles. The summed E-state index contributed by atoms with van der Waals surface area (Å²) in [5, 5.41) is 7.47. The van der Waals surface area contributed by atoms with Gasteiger partial charge in [0.15, 0.2) is 17.2 Å². The molecule has 30 heavy (non-hydrogen) atoms. The van der Waals surface area contributed by atoms with Gasteiger partial charge in [0.05, 0.1) is 16.7 Å². The van der Waals surface area contributed by atoms with Gasteiger partial charge in [0.2, 0.25) is 0 Å². The average molecular weight is 391 g/mol. The molecule has 6 aromatic rings. The van der Waals surface area contributed by atoms with Gasteiger partial charge in [-0.2, -0.15) is 5.10 Å². The molecule has 0 saturated carbocycles. The first-order valence-corrected chi connectivity index (χ1v) is 9.23. The van der Waals surface area contributed by atoms with E-state index in [0.29, 0.717) is 22.7 Å². The van der Waals surface area contributed by atoms with Crippen molar-refractivity contribution < 1.29 is 0 Å². The number of aromatic amines is 2. The van der Waals surface area contributed by atoms with Gasteiger partial charge >= 0.3 is 0 Å². The van der Waals surface area contributed by atoms with Crippen molar-refractivity contribution in [3.05, 3.63) is 67.6 Å². The molecule has 0 aromatic carbocycles. The summed E-state index contributed by atoms with van der Waals surface area (Å²) in [5.41, 5.74) is 7.12. The summed E-state index contributed by atoms with van der Waals surface area (Å²) < 4.78 is 0. The Bertz CT molecular complexity index is 1490. The van der Waals surface area contributed by atoms with Gasteiger partial charge < -0.3 is 4.98 Å². The van der Waals surface area contributed by atoms with Gasteiger partial charge in [0, 0.05) is 47.7 Å². The van der Waals surface area contributed by atoms with Crippen molar-refractivity contribution in [2.75, 3.05) is 0 Å². The van der Waals surface area contributed by atoms with Gasteiger partial charge in [0.1, 0.15) is 11.8 Å². The minimum absolute atomic E-state index is 0.592. The number of hydrogen-bond donors (Lipinski definition) is 2. The third-order valence-corrected chi connectivity index (χ3v) is 4.85. The summed E-state index contributed by atoms with van der Waals surface area (Å²) in [6, 6.07) is 9.68. The Kier molecular flexibility index (Phi) is 3.57. The Hall–Kier alpha value is -4.53. The van der Waals surface area contributed by atoms with Crippen LogP contribution < -0.4 is 0 Å². The first-order valence-electron chi connectivity index (χ1n) is 9.23.